The van der Waals surface area contributed by atoms with E-state index in [1.165, 1.54) is 38.5 Å². The summed E-state index contributed by atoms with van der Waals surface area (Å²) in [7, 11) is 0. The zero-order valence-corrected chi connectivity index (χ0v) is 23.3. The molecule has 0 amide bonds. The average Bonchev–Trinajstić information content (AvgIpc) is 3.65. The lowest BCUT2D eigenvalue weighted by atomic mass is 9.95. The van der Waals surface area contributed by atoms with Crippen LogP contribution in [-0.2, 0) is 0 Å². The summed E-state index contributed by atoms with van der Waals surface area (Å²) in [6.45, 7) is 4.75. The van der Waals surface area contributed by atoms with Gasteiger partial charge in [-0.2, -0.15) is 9.97 Å². The summed E-state index contributed by atoms with van der Waals surface area (Å²) in [5, 5.41) is 17.8. The molecule has 2 atom stereocenters. The lowest BCUT2D eigenvalue weighted by molar-refractivity contribution is 0.108. The number of phenols is 1. The smallest absolute Gasteiger partial charge is 0.319 e. The second-order valence-corrected chi connectivity index (χ2v) is 12.5. The number of nitrogens with zero attached hydrogens (tertiary/aromatic N) is 4. The summed E-state index contributed by atoms with van der Waals surface area (Å²) >= 11 is 7.23. The third-order valence-electron chi connectivity index (χ3n) is 9.70. The Labute approximate surface area is 239 Å². The van der Waals surface area contributed by atoms with E-state index in [0.717, 1.165) is 59.3 Å². The van der Waals surface area contributed by atoms with E-state index in [9.17, 15) is 5.11 Å². The van der Waals surface area contributed by atoms with Gasteiger partial charge in [0.1, 0.15) is 18.2 Å². The van der Waals surface area contributed by atoms with Crippen molar-refractivity contribution in [3.05, 3.63) is 53.6 Å². The number of rotatable bonds is 5. The highest BCUT2D eigenvalue weighted by atomic mass is 35.5. The summed E-state index contributed by atoms with van der Waals surface area (Å²) in [6.07, 6.45) is 7.19. The zero-order valence-electron chi connectivity index (χ0n) is 22.6. The molecule has 0 radical (unpaired) electrons. The number of nitrogens with one attached hydrogen (secondary N) is 1. The van der Waals surface area contributed by atoms with Gasteiger partial charge in [-0.25, -0.2) is 0 Å². The van der Waals surface area contributed by atoms with Crippen molar-refractivity contribution in [2.75, 3.05) is 37.7 Å². The largest absolute Gasteiger partial charge is 0.508 e. The van der Waals surface area contributed by atoms with Crippen molar-refractivity contribution in [1.82, 2.24) is 20.2 Å². The first-order chi connectivity index (χ1) is 19.6. The summed E-state index contributed by atoms with van der Waals surface area (Å²) in [5.41, 5.74) is 2.54. The number of aromatic nitrogens is 2. The van der Waals surface area contributed by atoms with Gasteiger partial charge in [-0.15, -0.1) is 0 Å². The van der Waals surface area contributed by atoms with Gasteiger partial charge in [-0.3, -0.25) is 4.90 Å². The van der Waals surface area contributed by atoms with E-state index in [2.05, 4.69) is 27.2 Å². The monoisotopic (exact) mass is 555 g/mol. The molecule has 1 aromatic heterocycles. The van der Waals surface area contributed by atoms with E-state index in [4.69, 9.17) is 26.3 Å². The standard InChI is InChI=1S/C32H34ClN5O2/c33-28-25(27-16-23(39)15-20-5-1-2-6-24(20)27)9-10-26-29(28)35-31(40-19-32-11-3-13-38(32)14-4-12-32)36-30(26)37-17-21-7-8-22(18-37)34-21/h1-2,5-6,9-10,15-16,21-22,34,39H,3-4,7-8,11-14,17-19H2. The molecule has 5 heterocycles. The predicted molar refractivity (Wildman–Crippen MR) is 160 cm³/mol. The van der Waals surface area contributed by atoms with Crippen molar-refractivity contribution in [2.24, 2.45) is 0 Å². The molecule has 0 spiro atoms. The van der Waals surface area contributed by atoms with E-state index in [1.807, 2.05) is 24.3 Å². The van der Waals surface area contributed by atoms with Crippen LogP contribution in [-0.4, -0.2) is 70.4 Å². The average molecular weight is 556 g/mol. The highest BCUT2D eigenvalue weighted by molar-refractivity contribution is 6.38. The number of halogens is 1. The van der Waals surface area contributed by atoms with Crippen LogP contribution in [0.3, 0.4) is 0 Å². The van der Waals surface area contributed by atoms with Crippen LogP contribution in [0.1, 0.15) is 38.5 Å². The van der Waals surface area contributed by atoms with E-state index < -0.39 is 0 Å². The third kappa shape index (κ3) is 4.01. The van der Waals surface area contributed by atoms with E-state index in [0.29, 0.717) is 35.2 Å². The Kier molecular flexibility index (Phi) is 5.83. The quantitative estimate of drug-likeness (QED) is 0.324. The van der Waals surface area contributed by atoms with Gasteiger partial charge >= 0.3 is 6.01 Å². The van der Waals surface area contributed by atoms with Crippen molar-refractivity contribution in [3.8, 4) is 22.9 Å². The number of ether oxygens (including phenoxy) is 1. The van der Waals surface area contributed by atoms with Gasteiger partial charge in [0, 0.05) is 36.1 Å². The maximum Gasteiger partial charge on any atom is 0.319 e. The fourth-order valence-corrected chi connectivity index (χ4v) is 8.10. The number of aromatic hydroxyl groups is 1. The van der Waals surface area contributed by atoms with Crippen LogP contribution in [0.25, 0.3) is 32.8 Å². The Morgan fingerprint density at radius 3 is 2.52 bits per heavy atom. The van der Waals surface area contributed by atoms with Gasteiger partial charge < -0.3 is 20.1 Å². The Morgan fingerprint density at radius 1 is 0.950 bits per heavy atom. The van der Waals surface area contributed by atoms with Gasteiger partial charge in [0.15, 0.2) is 0 Å². The maximum absolute atomic E-state index is 10.5. The summed E-state index contributed by atoms with van der Waals surface area (Å²) in [5.74, 6) is 1.12. The molecule has 4 fully saturated rings. The Bertz CT molecular complexity index is 1600. The maximum atomic E-state index is 10.5. The topological polar surface area (TPSA) is 73.8 Å². The third-order valence-corrected chi connectivity index (χ3v) is 10.1. The van der Waals surface area contributed by atoms with Gasteiger partial charge in [0.25, 0.3) is 0 Å². The van der Waals surface area contributed by atoms with Crippen molar-refractivity contribution < 1.29 is 9.84 Å². The number of anilines is 1. The summed E-state index contributed by atoms with van der Waals surface area (Å²) in [6, 6.07) is 17.1. The molecule has 2 unspecified atom stereocenters. The van der Waals surface area contributed by atoms with Crippen LogP contribution in [0.4, 0.5) is 5.82 Å². The molecule has 2 N–H and O–H groups in total. The van der Waals surface area contributed by atoms with Crippen molar-refractivity contribution in [2.45, 2.75) is 56.1 Å². The molecule has 4 aliphatic heterocycles. The number of hydrogen-bond donors (Lipinski definition) is 2. The van der Waals surface area contributed by atoms with Crippen LogP contribution in [0.15, 0.2) is 48.5 Å². The lowest BCUT2D eigenvalue weighted by Crippen LogP contribution is -2.51. The number of phenolic OH excluding ortho intramolecular Hbond substituents is 1. The first-order valence-electron chi connectivity index (χ1n) is 14.7. The normalized spacial score (nSPS) is 23.8. The fraction of sp³-hybridized carbons (Fsp3) is 0.438. The van der Waals surface area contributed by atoms with Gasteiger partial charge in [-0.05, 0) is 86.1 Å². The molecule has 0 saturated carbocycles. The Balaban J connectivity index is 1.25. The zero-order chi connectivity index (χ0) is 26.8. The van der Waals surface area contributed by atoms with Crippen LogP contribution in [0, 0.1) is 0 Å². The fourth-order valence-electron chi connectivity index (χ4n) is 7.79. The molecular formula is C32H34ClN5O2. The van der Waals surface area contributed by atoms with Crippen LogP contribution >= 0.6 is 11.6 Å². The van der Waals surface area contributed by atoms with Crippen LogP contribution in [0.5, 0.6) is 11.8 Å². The molecule has 2 bridgehead atoms. The number of fused-ring (bicyclic) bond motifs is 5. The van der Waals surface area contributed by atoms with Gasteiger partial charge in [0.05, 0.1) is 16.1 Å². The molecule has 8 heteroatoms. The second kappa shape index (κ2) is 9.47. The first-order valence-corrected chi connectivity index (χ1v) is 15.1. The van der Waals surface area contributed by atoms with Gasteiger partial charge in [-0.1, -0.05) is 41.9 Å². The van der Waals surface area contributed by atoms with Crippen molar-refractivity contribution >= 4 is 39.1 Å². The molecule has 7 nitrogen and oxygen atoms in total. The van der Waals surface area contributed by atoms with E-state index in [1.54, 1.807) is 12.1 Å². The minimum atomic E-state index is 0.110. The Hall–Kier alpha value is -3.13. The lowest BCUT2D eigenvalue weighted by Gasteiger charge is -2.35. The van der Waals surface area contributed by atoms with Crippen molar-refractivity contribution in [1.29, 1.82) is 0 Å². The van der Waals surface area contributed by atoms with Crippen molar-refractivity contribution in [3.63, 3.8) is 0 Å². The van der Waals surface area contributed by atoms with Gasteiger partial charge in [0.2, 0.25) is 0 Å². The number of hydrogen-bond acceptors (Lipinski definition) is 7. The molecule has 40 heavy (non-hydrogen) atoms. The summed E-state index contributed by atoms with van der Waals surface area (Å²) < 4.78 is 6.49. The Morgan fingerprint density at radius 2 is 1.73 bits per heavy atom. The predicted octanol–water partition coefficient (Wildman–Crippen LogP) is 5.76. The second-order valence-electron chi connectivity index (χ2n) is 12.1. The van der Waals surface area contributed by atoms with E-state index >= 15 is 0 Å². The molecule has 4 aliphatic rings. The highest BCUT2D eigenvalue weighted by Crippen LogP contribution is 2.43. The molecule has 206 valence electrons. The SMILES string of the molecule is Oc1cc(-c2ccc3c(N4CC5CCC(C4)N5)nc(OCC45CCCN4CCC5)nc3c2Cl)c2ccccc2c1. The summed E-state index contributed by atoms with van der Waals surface area (Å²) in [4.78, 5) is 15.0. The number of benzene rings is 3. The van der Waals surface area contributed by atoms with Crippen LogP contribution < -0.4 is 15.0 Å². The molecule has 4 saturated heterocycles. The minimum absolute atomic E-state index is 0.110. The molecule has 0 aliphatic carbocycles. The molecule has 4 aromatic rings. The minimum Gasteiger partial charge on any atom is -0.508 e. The molecule has 3 aromatic carbocycles. The highest BCUT2D eigenvalue weighted by Gasteiger charge is 2.45. The molecule has 8 rings (SSSR count). The first kappa shape index (κ1) is 24.6. The molecular weight excluding hydrogens is 522 g/mol. The van der Waals surface area contributed by atoms with E-state index in [-0.39, 0.29) is 11.3 Å². The van der Waals surface area contributed by atoms with Crippen LogP contribution in [0.2, 0.25) is 5.02 Å². The number of piperazine rings is 1.